The highest BCUT2D eigenvalue weighted by Gasteiger charge is 2.36. The van der Waals surface area contributed by atoms with E-state index in [9.17, 15) is 21.6 Å². The predicted molar refractivity (Wildman–Crippen MR) is 139 cm³/mol. The lowest BCUT2D eigenvalue weighted by Gasteiger charge is -2.20. The van der Waals surface area contributed by atoms with Gasteiger partial charge in [-0.15, -0.1) is 0 Å². The molecule has 11 nitrogen and oxygen atoms in total. The Kier molecular flexibility index (Phi) is 6.64. The van der Waals surface area contributed by atoms with Crippen LogP contribution in [0.2, 0.25) is 0 Å². The summed E-state index contributed by atoms with van der Waals surface area (Å²) in [7, 11) is -8.32. The van der Waals surface area contributed by atoms with Gasteiger partial charge in [0.1, 0.15) is 4.90 Å². The summed E-state index contributed by atoms with van der Waals surface area (Å²) in [6.45, 7) is 0.154. The number of nitrogens with two attached hydrogens (primary N) is 3. The normalized spacial score (nSPS) is 14.7. The van der Waals surface area contributed by atoms with Crippen LogP contribution >= 0.6 is 12.2 Å². The highest BCUT2D eigenvalue weighted by Crippen LogP contribution is 2.34. The van der Waals surface area contributed by atoms with E-state index in [-0.39, 0.29) is 38.4 Å². The molecule has 4 rings (SSSR count). The first-order valence-corrected chi connectivity index (χ1v) is 13.7. The SMILES string of the molecule is NC(=S)N(/N=C1\C(=O)N(Cc2ccccc2)c2ccc(S(N)(=O)=O)cc21)c1ccccc1S(N)(=O)=O. The molecule has 1 heterocycles. The van der Waals surface area contributed by atoms with Gasteiger partial charge < -0.3 is 10.6 Å². The van der Waals surface area contributed by atoms with Gasteiger partial charge in [-0.2, -0.15) is 5.10 Å². The number of thiocarbonyl (C=S) groups is 1. The van der Waals surface area contributed by atoms with Crippen LogP contribution in [0.4, 0.5) is 11.4 Å². The van der Waals surface area contributed by atoms with Crippen molar-refractivity contribution in [1.82, 2.24) is 0 Å². The number of anilines is 2. The molecule has 0 bridgehead atoms. The van der Waals surface area contributed by atoms with Crippen molar-refractivity contribution in [1.29, 1.82) is 0 Å². The zero-order valence-electron chi connectivity index (χ0n) is 18.5. The van der Waals surface area contributed by atoms with Gasteiger partial charge in [-0.1, -0.05) is 42.5 Å². The predicted octanol–water partition coefficient (Wildman–Crippen LogP) is 0.982. The van der Waals surface area contributed by atoms with E-state index in [0.29, 0.717) is 5.69 Å². The third-order valence-corrected chi connectivity index (χ3v) is 7.32. The second kappa shape index (κ2) is 9.40. The van der Waals surface area contributed by atoms with Crippen molar-refractivity contribution in [3.8, 4) is 0 Å². The molecule has 0 saturated carbocycles. The topological polar surface area (TPSA) is 182 Å². The lowest BCUT2D eigenvalue weighted by atomic mass is 10.1. The minimum atomic E-state index is -4.21. The van der Waals surface area contributed by atoms with E-state index in [0.717, 1.165) is 10.6 Å². The first-order valence-electron chi connectivity index (χ1n) is 10.2. The van der Waals surface area contributed by atoms with Crippen molar-refractivity contribution in [3.63, 3.8) is 0 Å². The van der Waals surface area contributed by atoms with E-state index in [4.69, 9.17) is 28.2 Å². The smallest absolute Gasteiger partial charge is 0.279 e. The Morgan fingerprint density at radius 3 is 2.17 bits per heavy atom. The lowest BCUT2D eigenvalue weighted by Crippen LogP contribution is -2.36. The van der Waals surface area contributed by atoms with Gasteiger partial charge in [-0.25, -0.2) is 32.1 Å². The monoisotopic (exact) mass is 544 g/mol. The van der Waals surface area contributed by atoms with Crippen LogP contribution in [0.15, 0.2) is 87.7 Å². The van der Waals surface area contributed by atoms with Crippen molar-refractivity contribution in [2.45, 2.75) is 16.3 Å². The summed E-state index contributed by atoms with van der Waals surface area (Å²) < 4.78 is 48.3. The lowest BCUT2D eigenvalue weighted by molar-refractivity contribution is -0.112. The number of para-hydroxylation sites is 1. The van der Waals surface area contributed by atoms with Gasteiger partial charge in [0, 0.05) is 5.56 Å². The quantitative estimate of drug-likeness (QED) is 0.303. The zero-order chi connectivity index (χ0) is 26.3. The van der Waals surface area contributed by atoms with E-state index < -0.39 is 26.0 Å². The van der Waals surface area contributed by atoms with Gasteiger partial charge in [-0.05, 0) is 48.1 Å². The van der Waals surface area contributed by atoms with E-state index in [1.165, 1.54) is 47.4 Å². The van der Waals surface area contributed by atoms with Crippen LogP contribution < -0.4 is 25.9 Å². The molecule has 0 radical (unpaired) electrons. The molecule has 36 heavy (non-hydrogen) atoms. The fourth-order valence-electron chi connectivity index (χ4n) is 3.68. The molecular formula is C22H20N6O5S3. The number of sulfonamides is 2. The van der Waals surface area contributed by atoms with Crippen molar-refractivity contribution in [2.24, 2.45) is 21.1 Å². The summed E-state index contributed by atoms with van der Waals surface area (Å²) >= 11 is 5.09. The summed E-state index contributed by atoms with van der Waals surface area (Å²) in [6, 6.07) is 18.6. The number of rotatable bonds is 6. The fourth-order valence-corrected chi connectivity index (χ4v) is 5.08. The van der Waals surface area contributed by atoms with Gasteiger partial charge >= 0.3 is 0 Å². The Morgan fingerprint density at radius 1 is 0.917 bits per heavy atom. The fraction of sp³-hybridized carbons (Fsp3) is 0.0455. The van der Waals surface area contributed by atoms with Gasteiger partial charge in [0.15, 0.2) is 10.8 Å². The molecule has 0 saturated heterocycles. The highest BCUT2D eigenvalue weighted by atomic mass is 32.2. The number of carbonyl (C=O) groups excluding carboxylic acids is 1. The molecule has 3 aromatic rings. The summed E-state index contributed by atoms with van der Waals surface area (Å²) in [6.07, 6.45) is 0. The van der Waals surface area contributed by atoms with Gasteiger partial charge in [0.25, 0.3) is 5.91 Å². The van der Waals surface area contributed by atoms with Crippen LogP contribution in [0.25, 0.3) is 0 Å². The van der Waals surface area contributed by atoms with Crippen LogP contribution in [0, 0.1) is 0 Å². The number of nitrogens with zero attached hydrogens (tertiary/aromatic N) is 3. The number of hydrogen-bond acceptors (Lipinski definition) is 7. The van der Waals surface area contributed by atoms with Crippen molar-refractivity contribution >= 4 is 60.4 Å². The molecule has 6 N–H and O–H groups in total. The maximum absolute atomic E-state index is 13.6. The maximum Gasteiger partial charge on any atom is 0.279 e. The largest absolute Gasteiger partial charge is 0.374 e. The van der Waals surface area contributed by atoms with Crippen LogP contribution in [-0.4, -0.2) is 33.6 Å². The molecular weight excluding hydrogens is 524 g/mol. The Hall–Kier alpha value is -3.69. The second-order valence-corrected chi connectivity index (χ2v) is 11.2. The van der Waals surface area contributed by atoms with Gasteiger partial charge in [-0.3, -0.25) is 4.79 Å². The number of carbonyl (C=O) groups is 1. The highest BCUT2D eigenvalue weighted by molar-refractivity contribution is 7.89. The van der Waals surface area contributed by atoms with Gasteiger partial charge in [0.2, 0.25) is 20.0 Å². The molecule has 14 heteroatoms. The number of fused-ring (bicyclic) bond motifs is 1. The first-order chi connectivity index (χ1) is 16.9. The second-order valence-electron chi connectivity index (χ2n) is 7.71. The molecule has 1 aliphatic heterocycles. The van der Waals surface area contributed by atoms with Crippen molar-refractivity contribution in [2.75, 3.05) is 9.91 Å². The van der Waals surface area contributed by atoms with E-state index in [1.54, 1.807) is 0 Å². The summed E-state index contributed by atoms with van der Waals surface area (Å²) in [5, 5.41) is 15.4. The van der Waals surface area contributed by atoms with E-state index >= 15 is 0 Å². The Balaban J connectivity index is 1.92. The Bertz CT molecular complexity index is 1620. The molecule has 186 valence electrons. The van der Waals surface area contributed by atoms with Crippen molar-refractivity contribution in [3.05, 3.63) is 83.9 Å². The molecule has 0 spiro atoms. The van der Waals surface area contributed by atoms with Crippen LogP contribution in [0.1, 0.15) is 11.1 Å². The standard InChI is InChI=1S/C22H20N6O5S3/c23-22(34)28(18-8-4-5-9-19(18)36(25,32)33)26-20-16-12-15(35(24,30)31)10-11-17(16)27(21(20)29)13-14-6-2-1-3-7-14/h1-12H,13H2,(H2,23,34)(H2,24,30,31)(H2,25,32,33)/b26-20-. The average Bonchev–Trinajstić information content (AvgIpc) is 3.07. The minimum absolute atomic E-state index is 0.0848. The van der Waals surface area contributed by atoms with Gasteiger partial charge in [0.05, 0.1) is 22.8 Å². The average molecular weight is 545 g/mol. The zero-order valence-corrected chi connectivity index (χ0v) is 20.9. The molecule has 0 unspecified atom stereocenters. The molecule has 0 atom stereocenters. The molecule has 0 aromatic heterocycles. The van der Waals surface area contributed by atoms with Crippen LogP contribution in [-0.2, 0) is 31.4 Å². The molecule has 1 aliphatic rings. The molecule has 0 fully saturated rings. The maximum atomic E-state index is 13.6. The third-order valence-electron chi connectivity index (χ3n) is 5.28. The summed E-state index contributed by atoms with van der Waals surface area (Å²) in [4.78, 5) is 14.4. The number of benzene rings is 3. The number of hydrogen-bond donors (Lipinski definition) is 3. The van der Waals surface area contributed by atoms with E-state index in [2.05, 4.69) is 5.10 Å². The van der Waals surface area contributed by atoms with Crippen LogP contribution in [0.3, 0.4) is 0 Å². The number of hydrazone groups is 1. The molecule has 3 aromatic carbocycles. The van der Waals surface area contributed by atoms with Crippen molar-refractivity contribution < 1.29 is 21.6 Å². The Morgan fingerprint density at radius 2 is 1.56 bits per heavy atom. The number of primary sulfonamides is 2. The summed E-state index contributed by atoms with van der Waals surface area (Å²) in [5.41, 5.74) is 6.88. The minimum Gasteiger partial charge on any atom is -0.374 e. The van der Waals surface area contributed by atoms with E-state index in [1.807, 2.05) is 30.3 Å². The molecule has 1 amide bonds. The summed E-state index contributed by atoms with van der Waals surface area (Å²) in [5.74, 6) is -0.588. The Labute approximate surface area is 212 Å². The van der Waals surface area contributed by atoms with Crippen LogP contribution in [0.5, 0.6) is 0 Å². The molecule has 0 aliphatic carbocycles. The first kappa shape index (κ1) is 25.4. The number of amides is 1. The third kappa shape index (κ3) is 4.98.